The first-order valence-corrected chi connectivity index (χ1v) is 13.7. The van der Waals surface area contributed by atoms with Crippen LogP contribution in [0.3, 0.4) is 0 Å². The minimum Gasteiger partial charge on any atom is -0.488 e. The topological polar surface area (TPSA) is 211 Å². The number of nitrogens with two attached hydrogens (primary N) is 3. The molecule has 15 heteroatoms. The molecule has 1 aromatic heterocycles. The molecule has 0 aliphatic carbocycles. The van der Waals surface area contributed by atoms with Crippen molar-refractivity contribution in [3.8, 4) is 17.2 Å². The van der Waals surface area contributed by atoms with Crippen molar-refractivity contribution in [2.24, 2.45) is 17.3 Å². The third-order valence-corrected chi connectivity index (χ3v) is 6.57. The van der Waals surface area contributed by atoms with Gasteiger partial charge >= 0.3 is 5.97 Å². The molecule has 0 aliphatic rings. The fourth-order valence-electron chi connectivity index (χ4n) is 3.69. The van der Waals surface area contributed by atoms with E-state index in [-0.39, 0.29) is 55.0 Å². The minimum atomic E-state index is -1.41. The van der Waals surface area contributed by atoms with E-state index >= 15 is 0 Å². The number of carbonyl (C=O) groups excluding carboxylic acids is 1. The Morgan fingerprint density at radius 3 is 2.64 bits per heavy atom. The van der Waals surface area contributed by atoms with E-state index in [4.69, 9.17) is 37.0 Å². The van der Waals surface area contributed by atoms with Gasteiger partial charge in [0.25, 0.3) is 0 Å². The first-order chi connectivity index (χ1) is 20.1. The molecule has 13 nitrogen and oxygen atoms in total. The molecule has 0 saturated heterocycles. The molecule has 2 aromatic carbocycles. The molecule has 0 saturated carbocycles. The third kappa shape index (κ3) is 9.39. The Morgan fingerprint density at radius 2 is 2.00 bits per heavy atom. The second kappa shape index (κ2) is 15.6. The van der Waals surface area contributed by atoms with Crippen LogP contribution in [0.1, 0.15) is 21.5 Å². The Hall–Kier alpha value is -4.28. The Kier molecular flexibility index (Phi) is 12.0. The van der Waals surface area contributed by atoms with Crippen LogP contribution in [0.2, 0.25) is 0 Å². The van der Waals surface area contributed by atoms with Crippen LogP contribution in [-0.2, 0) is 17.6 Å². The van der Waals surface area contributed by atoms with Crippen molar-refractivity contribution in [1.29, 1.82) is 0 Å². The van der Waals surface area contributed by atoms with Gasteiger partial charge in [-0.25, -0.2) is 20.0 Å². The molecule has 0 bridgehead atoms. The van der Waals surface area contributed by atoms with Crippen LogP contribution >= 0.6 is 11.3 Å². The number of amides is 1. The van der Waals surface area contributed by atoms with Crippen LogP contribution in [0.15, 0.2) is 53.8 Å². The normalized spacial score (nSPS) is 12.1. The molecule has 226 valence electrons. The number of aliphatic hydroxyl groups is 1. The van der Waals surface area contributed by atoms with E-state index in [1.807, 2.05) is 0 Å². The molecule has 1 amide bonds. The quantitative estimate of drug-likeness (QED) is 0.0914. The van der Waals surface area contributed by atoms with Crippen LogP contribution in [0.25, 0.3) is 0 Å². The second-order valence-corrected chi connectivity index (χ2v) is 9.93. The van der Waals surface area contributed by atoms with Gasteiger partial charge in [-0.15, -0.1) is 11.3 Å². The number of halogens is 1. The SMILES string of the molecule is CNCCc1cc(OCCN(N)/C=C(\N)C(N)CO)c(Oc2ccc(C(=O)O)c(F)c2)cc1CC(=O)Nc1nccs1. The van der Waals surface area contributed by atoms with Crippen LogP contribution in [0, 0.1) is 5.82 Å². The summed E-state index contributed by atoms with van der Waals surface area (Å²) in [7, 11) is 1.80. The molecule has 0 spiro atoms. The molecule has 1 atom stereocenters. The van der Waals surface area contributed by atoms with Gasteiger partial charge < -0.3 is 46.8 Å². The van der Waals surface area contributed by atoms with Crippen molar-refractivity contribution in [1.82, 2.24) is 15.3 Å². The van der Waals surface area contributed by atoms with Crippen molar-refractivity contribution in [3.05, 3.63) is 76.3 Å². The zero-order valence-electron chi connectivity index (χ0n) is 22.9. The highest BCUT2D eigenvalue weighted by Crippen LogP contribution is 2.36. The van der Waals surface area contributed by atoms with Crippen molar-refractivity contribution in [2.75, 3.05) is 38.7 Å². The Balaban J connectivity index is 1.91. The summed E-state index contributed by atoms with van der Waals surface area (Å²) in [5.74, 6) is 3.76. The third-order valence-electron chi connectivity index (χ3n) is 5.89. The lowest BCUT2D eigenvalue weighted by atomic mass is 10.00. The van der Waals surface area contributed by atoms with Crippen molar-refractivity contribution < 1.29 is 33.7 Å². The van der Waals surface area contributed by atoms with Gasteiger partial charge in [0.1, 0.15) is 18.2 Å². The number of rotatable bonds is 16. The number of carboxylic acid groups (broad SMARTS) is 1. The fraction of sp³-hybridized carbons (Fsp3) is 0.296. The van der Waals surface area contributed by atoms with Gasteiger partial charge in [0.05, 0.1) is 31.2 Å². The Labute approximate surface area is 245 Å². The lowest BCUT2D eigenvalue weighted by Crippen LogP contribution is -2.36. The number of hydrazine groups is 1. The van der Waals surface area contributed by atoms with Gasteiger partial charge in [0, 0.05) is 29.5 Å². The summed E-state index contributed by atoms with van der Waals surface area (Å²) < 4.78 is 26.3. The predicted octanol–water partition coefficient (Wildman–Crippen LogP) is 1.39. The summed E-state index contributed by atoms with van der Waals surface area (Å²) in [5, 5.41) is 27.6. The number of thiazole rings is 1. The summed E-state index contributed by atoms with van der Waals surface area (Å²) >= 11 is 1.29. The predicted molar refractivity (Wildman–Crippen MR) is 156 cm³/mol. The maximum absolute atomic E-state index is 14.4. The van der Waals surface area contributed by atoms with E-state index in [1.165, 1.54) is 28.6 Å². The first-order valence-electron chi connectivity index (χ1n) is 12.8. The number of carboxylic acids is 1. The number of hydrogen-bond acceptors (Lipinski definition) is 12. The number of nitrogens with zero attached hydrogens (tertiary/aromatic N) is 2. The van der Waals surface area contributed by atoms with Gasteiger partial charge in [0.2, 0.25) is 5.91 Å². The molecule has 42 heavy (non-hydrogen) atoms. The number of aromatic carboxylic acids is 1. The average molecular weight is 604 g/mol. The maximum Gasteiger partial charge on any atom is 0.338 e. The number of aliphatic hydroxyl groups excluding tert-OH is 1. The molecule has 10 N–H and O–H groups in total. The largest absolute Gasteiger partial charge is 0.488 e. The molecule has 0 radical (unpaired) electrons. The standard InChI is InChI=1S/C27H34FN7O6S/c1-32-5-4-16-10-23(40-8-7-35(31)14-21(29)22(30)15-36)24(41-18-2-3-19(26(38)39)20(28)13-18)11-17(16)12-25(37)34-27-33-6-9-42-27/h2-3,6,9-11,13-14,22,32,36H,4-5,7-8,12,15,29-31H2,1H3,(H,38,39)(H,33,34,37)/b21-14-. The molecular formula is C27H34FN7O6S. The molecule has 0 fully saturated rings. The van der Waals surface area contributed by atoms with E-state index in [0.717, 1.165) is 17.7 Å². The maximum atomic E-state index is 14.4. The summed E-state index contributed by atoms with van der Waals surface area (Å²) in [6.45, 7) is 0.496. The number of benzene rings is 2. The number of carbonyl (C=O) groups is 2. The molecule has 1 heterocycles. The zero-order chi connectivity index (χ0) is 30.6. The number of anilines is 1. The average Bonchev–Trinajstić information content (AvgIpc) is 3.45. The smallest absolute Gasteiger partial charge is 0.338 e. The lowest BCUT2D eigenvalue weighted by Gasteiger charge is -2.20. The number of aromatic nitrogens is 1. The molecule has 1 unspecified atom stereocenters. The zero-order valence-corrected chi connectivity index (χ0v) is 23.7. The molecule has 0 aliphatic heterocycles. The van der Waals surface area contributed by atoms with Gasteiger partial charge in [-0.3, -0.25) is 4.79 Å². The summed E-state index contributed by atoms with van der Waals surface area (Å²) in [5.41, 5.74) is 12.6. The number of hydrogen-bond donors (Lipinski definition) is 7. The highest BCUT2D eigenvalue weighted by molar-refractivity contribution is 7.13. The summed E-state index contributed by atoms with van der Waals surface area (Å²) in [6.07, 6.45) is 3.51. The van der Waals surface area contributed by atoms with E-state index < -0.39 is 23.4 Å². The van der Waals surface area contributed by atoms with Gasteiger partial charge in [-0.05, 0) is 55.4 Å². The van der Waals surface area contributed by atoms with Gasteiger partial charge in [-0.1, -0.05) is 0 Å². The lowest BCUT2D eigenvalue weighted by molar-refractivity contribution is -0.115. The van der Waals surface area contributed by atoms with Gasteiger partial charge in [-0.2, -0.15) is 0 Å². The Bertz CT molecular complexity index is 1390. The van der Waals surface area contributed by atoms with Crippen molar-refractivity contribution >= 4 is 28.3 Å². The summed E-state index contributed by atoms with van der Waals surface area (Å²) in [4.78, 5) is 28.1. The first kappa shape index (κ1) is 32.2. The number of nitrogens with one attached hydrogen (secondary N) is 2. The summed E-state index contributed by atoms with van der Waals surface area (Å²) in [6, 6.07) is 5.96. The van der Waals surface area contributed by atoms with Crippen molar-refractivity contribution in [3.63, 3.8) is 0 Å². The fourth-order valence-corrected chi connectivity index (χ4v) is 4.24. The number of ether oxygens (including phenoxy) is 2. The minimum absolute atomic E-state index is 0.00660. The Morgan fingerprint density at radius 1 is 1.24 bits per heavy atom. The van der Waals surface area contributed by atoms with E-state index in [9.17, 15) is 14.0 Å². The van der Waals surface area contributed by atoms with Gasteiger partial charge in [0.15, 0.2) is 16.6 Å². The monoisotopic (exact) mass is 603 g/mol. The molecule has 3 aromatic rings. The van der Waals surface area contributed by atoms with Crippen LogP contribution < -0.4 is 37.4 Å². The van der Waals surface area contributed by atoms with Crippen LogP contribution in [0.5, 0.6) is 17.2 Å². The highest BCUT2D eigenvalue weighted by atomic mass is 32.1. The van der Waals surface area contributed by atoms with Crippen LogP contribution in [0.4, 0.5) is 9.52 Å². The molecular weight excluding hydrogens is 569 g/mol. The van der Waals surface area contributed by atoms with E-state index in [0.29, 0.717) is 23.7 Å². The van der Waals surface area contributed by atoms with Crippen LogP contribution in [-0.4, -0.2) is 71.5 Å². The molecule has 3 rings (SSSR count). The second-order valence-electron chi connectivity index (χ2n) is 9.04. The van der Waals surface area contributed by atoms with E-state index in [1.54, 1.807) is 30.8 Å². The van der Waals surface area contributed by atoms with Crippen molar-refractivity contribution in [2.45, 2.75) is 18.9 Å². The number of likely N-dealkylation sites (N-methyl/N-ethyl adjacent to an activating group) is 1. The van der Waals surface area contributed by atoms with E-state index in [2.05, 4.69) is 15.6 Å². The highest BCUT2D eigenvalue weighted by Gasteiger charge is 2.18.